The van der Waals surface area contributed by atoms with Gasteiger partial charge >= 0.3 is 0 Å². The topological polar surface area (TPSA) is 44.2 Å². The van der Waals surface area contributed by atoms with Gasteiger partial charge in [-0.15, -0.1) is 12.8 Å². The van der Waals surface area contributed by atoms with E-state index in [1.54, 1.807) is 0 Å². The summed E-state index contributed by atoms with van der Waals surface area (Å²) < 4.78 is 11.5. The molecule has 0 saturated heterocycles. The van der Waals surface area contributed by atoms with Gasteiger partial charge in [-0.25, -0.2) is 9.97 Å². The van der Waals surface area contributed by atoms with Gasteiger partial charge in [0.15, 0.2) is 5.82 Å². The molecule has 32 heavy (non-hydrogen) atoms. The molecule has 0 aliphatic carbocycles. The fourth-order valence-electron chi connectivity index (χ4n) is 3.29. The molecular formula is C28H20N2O2. The minimum atomic E-state index is 0.170. The maximum absolute atomic E-state index is 5.77. The highest BCUT2D eigenvalue weighted by Crippen LogP contribution is 2.35. The number of aromatic nitrogens is 2. The van der Waals surface area contributed by atoms with E-state index < -0.39 is 0 Å². The largest absolute Gasteiger partial charge is 0.480 e. The summed E-state index contributed by atoms with van der Waals surface area (Å²) >= 11 is 0. The summed E-state index contributed by atoms with van der Waals surface area (Å²) in [4.78, 5) is 9.69. The molecular weight excluding hydrogens is 396 g/mol. The van der Waals surface area contributed by atoms with Crippen LogP contribution >= 0.6 is 0 Å². The fraction of sp³-hybridized carbons (Fsp3) is 0.0714. The SMILES string of the molecule is C#CCOc1ccccc1-c1cc(-c2ccccc2OCC#C)nc(-c2ccccc2)n1. The van der Waals surface area contributed by atoms with E-state index in [4.69, 9.17) is 32.3 Å². The molecule has 0 unspecified atom stereocenters. The van der Waals surface area contributed by atoms with Crippen LogP contribution in [0.25, 0.3) is 33.9 Å². The van der Waals surface area contributed by atoms with Crippen LogP contribution in [0.5, 0.6) is 11.5 Å². The predicted molar refractivity (Wildman–Crippen MR) is 127 cm³/mol. The molecule has 0 radical (unpaired) electrons. The van der Waals surface area contributed by atoms with Gasteiger partial charge in [-0.05, 0) is 30.3 Å². The average molecular weight is 416 g/mol. The average Bonchev–Trinajstić information content (AvgIpc) is 2.87. The smallest absolute Gasteiger partial charge is 0.160 e. The lowest BCUT2D eigenvalue weighted by atomic mass is 10.0. The first-order valence-corrected chi connectivity index (χ1v) is 10.1. The number of benzene rings is 3. The van der Waals surface area contributed by atoms with Crippen LogP contribution in [-0.4, -0.2) is 23.2 Å². The van der Waals surface area contributed by atoms with Gasteiger partial charge in [0.05, 0.1) is 11.4 Å². The molecule has 0 atom stereocenters. The summed E-state index contributed by atoms with van der Waals surface area (Å²) in [6.45, 7) is 0.340. The summed E-state index contributed by atoms with van der Waals surface area (Å²) in [5, 5.41) is 0. The Hall–Kier alpha value is -4.54. The second-order valence-electron chi connectivity index (χ2n) is 6.81. The Morgan fingerprint density at radius 2 is 1.09 bits per heavy atom. The van der Waals surface area contributed by atoms with Crippen molar-refractivity contribution in [2.75, 3.05) is 13.2 Å². The molecule has 0 N–H and O–H groups in total. The normalized spacial score (nSPS) is 10.1. The van der Waals surface area contributed by atoms with Crippen LogP contribution in [0.4, 0.5) is 0 Å². The van der Waals surface area contributed by atoms with Crippen LogP contribution < -0.4 is 9.47 Å². The van der Waals surface area contributed by atoms with E-state index in [9.17, 15) is 0 Å². The van der Waals surface area contributed by atoms with Gasteiger partial charge in [0, 0.05) is 16.7 Å². The molecule has 4 heteroatoms. The standard InChI is InChI=1S/C28H20N2O2/c1-3-18-31-26-16-10-8-14-22(26)24-20-25(23-15-9-11-17-27(23)32-19-4-2)30-28(29-24)21-12-6-5-7-13-21/h1-2,5-17,20H,18-19H2. The summed E-state index contributed by atoms with van der Waals surface area (Å²) in [5.41, 5.74) is 3.98. The Labute approximate surface area is 187 Å². The third-order valence-corrected chi connectivity index (χ3v) is 4.71. The van der Waals surface area contributed by atoms with E-state index in [0.29, 0.717) is 28.7 Å². The third kappa shape index (κ3) is 4.61. The van der Waals surface area contributed by atoms with Crippen molar-refractivity contribution in [3.8, 4) is 70.1 Å². The number of rotatable bonds is 7. The van der Waals surface area contributed by atoms with Crippen molar-refractivity contribution in [1.29, 1.82) is 0 Å². The van der Waals surface area contributed by atoms with Gasteiger partial charge in [0.25, 0.3) is 0 Å². The molecule has 0 spiro atoms. The van der Waals surface area contributed by atoms with Crippen LogP contribution in [0.15, 0.2) is 84.9 Å². The zero-order chi connectivity index (χ0) is 22.2. The lowest BCUT2D eigenvalue weighted by Crippen LogP contribution is -2.01. The highest BCUT2D eigenvalue weighted by atomic mass is 16.5. The zero-order valence-electron chi connectivity index (χ0n) is 17.4. The maximum Gasteiger partial charge on any atom is 0.160 e. The molecule has 0 amide bonds. The minimum Gasteiger partial charge on any atom is -0.480 e. The zero-order valence-corrected chi connectivity index (χ0v) is 17.4. The van der Waals surface area contributed by atoms with Gasteiger partial charge in [0.1, 0.15) is 24.7 Å². The quantitative estimate of drug-likeness (QED) is 0.373. The number of para-hydroxylation sites is 2. The lowest BCUT2D eigenvalue weighted by molar-refractivity contribution is 0.372. The third-order valence-electron chi connectivity index (χ3n) is 4.71. The van der Waals surface area contributed by atoms with Crippen molar-refractivity contribution in [2.45, 2.75) is 0 Å². The van der Waals surface area contributed by atoms with Crippen LogP contribution in [0.3, 0.4) is 0 Å². The van der Waals surface area contributed by atoms with Crippen LogP contribution in [0.1, 0.15) is 0 Å². The second kappa shape index (κ2) is 9.98. The summed E-state index contributed by atoms with van der Waals surface area (Å²) in [5.74, 6) is 6.93. The highest BCUT2D eigenvalue weighted by molar-refractivity contribution is 5.77. The van der Waals surface area contributed by atoms with E-state index >= 15 is 0 Å². The number of hydrogen-bond donors (Lipinski definition) is 0. The minimum absolute atomic E-state index is 0.170. The van der Waals surface area contributed by atoms with Crippen LogP contribution in [0.2, 0.25) is 0 Å². The Morgan fingerprint density at radius 1 is 0.625 bits per heavy atom. The van der Waals surface area contributed by atoms with Crippen molar-refractivity contribution in [1.82, 2.24) is 9.97 Å². The fourth-order valence-corrected chi connectivity index (χ4v) is 3.29. The van der Waals surface area contributed by atoms with Crippen molar-refractivity contribution >= 4 is 0 Å². The first kappa shape index (κ1) is 20.7. The monoisotopic (exact) mass is 416 g/mol. The lowest BCUT2D eigenvalue weighted by Gasteiger charge is -2.14. The van der Waals surface area contributed by atoms with E-state index in [0.717, 1.165) is 16.7 Å². The number of hydrogen-bond acceptors (Lipinski definition) is 4. The molecule has 1 aromatic heterocycles. The van der Waals surface area contributed by atoms with Crippen LogP contribution in [0, 0.1) is 24.7 Å². The number of nitrogens with zero attached hydrogens (tertiary/aromatic N) is 2. The van der Waals surface area contributed by atoms with E-state index in [-0.39, 0.29) is 13.2 Å². The molecule has 0 aliphatic heterocycles. The Kier molecular flexibility index (Phi) is 6.46. The predicted octanol–water partition coefficient (Wildman–Crippen LogP) is 5.50. The van der Waals surface area contributed by atoms with Crippen LogP contribution in [-0.2, 0) is 0 Å². The summed E-state index contributed by atoms with van der Waals surface area (Å²) in [7, 11) is 0. The summed E-state index contributed by atoms with van der Waals surface area (Å²) in [6, 6.07) is 27.1. The van der Waals surface area contributed by atoms with Gasteiger partial charge in [-0.1, -0.05) is 66.4 Å². The molecule has 0 saturated carbocycles. The van der Waals surface area contributed by atoms with Crippen molar-refractivity contribution in [3.63, 3.8) is 0 Å². The Bertz CT molecular complexity index is 1220. The molecule has 0 aliphatic rings. The maximum atomic E-state index is 5.77. The van der Waals surface area contributed by atoms with Gasteiger partial charge in [0.2, 0.25) is 0 Å². The van der Waals surface area contributed by atoms with E-state index in [1.165, 1.54) is 0 Å². The Morgan fingerprint density at radius 3 is 1.59 bits per heavy atom. The molecule has 154 valence electrons. The van der Waals surface area contributed by atoms with Crippen molar-refractivity contribution in [2.24, 2.45) is 0 Å². The first-order valence-electron chi connectivity index (χ1n) is 10.1. The van der Waals surface area contributed by atoms with Gasteiger partial charge in [-0.3, -0.25) is 0 Å². The number of ether oxygens (including phenoxy) is 2. The van der Waals surface area contributed by atoms with Gasteiger partial charge < -0.3 is 9.47 Å². The van der Waals surface area contributed by atoms with E-state index in [2.05, 4.69) is 11.8 Å². The molecule has 0 bridgehead atoms. The van der Waals surface area contributed by atoms with Crippen molar-refractivity contribution in [3.05, 3.63) is 84.9 Å². The summed E-state index contributed by atoms with van der Waals surface area (Å²) in [6.07, 6.45) is 10.8. The highest BCUT2D eigenvalue weighted by Gasteiger charge is 2.15. The number of terminal acetylenes is 2. The molecule has 0 fully saturated rings. The first-order chi connectivity index (χ1) is 15.8. The van der Waals surface area contributed by atoms with Crippen molar-refractivity contribution < 1.29 is 9.47 Å². The molecule has 1 heterocycles. The second-order valence-corrected chi connectivity index (χ2v) is 6.81. The Balaban J connectivity index is 1.91. The molecule has 4 aromatic rings. The molecule has 4 rings (SSSR count). The molecule has 3 aromatic carbocycles. The molecule has 4 nitrogen and oxygen atoms in total. The van der Waals surface area contributed by atoms with Gasteiger partial charge in [-0.2, -0.15) is 0 Å². The van der Waals surface area contributed by atoms with E-state index in [1.807, 2.05) is 84.9 Å².